The van der Waals surface area contributed by atoms with Gasteiger partial charge in [-0.3, -0.25) is 9.59 Å². The molecule has 2 aliphatic rings. The van der Waals surface area contributed by atoms with Crippen LogP contribution in [-0.2, 0) is 27.4 Å². The molecular formula is C32H47N3O4. The van der Waals surface area contributed by atoms with Crippen molar-refractivity contribution in [3.63, 3.8) is 0 Å². The Balaban J connectivity index is 0.000000753. The van der Waals surface area contributed by atoms with Gasteiger partial charge in [-0.05, 0) is 87.6 Å². The summed E-state index contributed by atoms with van der Waals surface area (Å²) in [6.07, 6.45) is 12.9. The van der Waals surface area contributed by atoms with Gasteiger partial charge in [0.25, 0.3) is 0 Å². The minimum absolute atomic E-state index is 0.00362. The Morgan fingerprint density at radius 2 is 1.82 bits per heavy atom. The number of rotatable bonds is 10. The lowest BCUT2D eigenvalue weighted by Crippen LogP contribution is -2.40. The number of fused-ring (bicyclic) bond motifs is 1. The van der Waals surface area contributed by atoms with Crippen LogP contribution in [0.25, 0.3) is 16.6 Å². The summed E-state index contributed by atoms with van der Waals surface area (Å²) in [6, 6.07) is 5.62. The van der Waals surface area contributed by atoms with Crippen molar-refractivity contribution in [3.8, 4) is 0 Å². The Bertz CT molecular complexity index is 1160. The van der Waals surface area contributed by atoms with Crippen molar-refractivity contribution in [2.45, 2.75) is 98.7 Å². The first-order valence-electron chi connectivity index (χ1n) is 14.6. The molecule has 0 spiro atoms. The number of ether oxygens (including phenoxy) is 1. The van der Waals surface area contributed by atoms with E-state index in [-0.39, 0.29) is 11.7 Å². The van der Waals surface area contributed by atoms with E-state index in [4.69, 9.17) is 9.72 Å². The molecule has 2 N–H and O–H groups in total. The Morgan fingerprint density at radius 3 is 2.36 bits per heavy atom. The van der Waals surface area contributed by atoms with Crippen LogP contribution in [0, 0.1) is 11.8 Å². The van der Waals surface area contributed by atoms with E-state index in [2.05, 4.69) is 28.1 Å². The zero-order chi connectivity index (χ0) is 28.4. The van der Waals surface area contributed by atoms with E-state index < -0.39 is 12.0 Å². The lowest BCUT2D eigenvalue weighted by molar-refractivity contribution is -0.140. The highest BCUT2D eigenvalue weighted by atomic mass is 16.5. The maximum atomic E-state index is 11.9. The molecule has 1 saturated carbocycles. The molecule has 2 heterocycles. The van der Waals surface area contributed by atoms with E-state index in [1.54, 1.807) is 6.92 Å². The molecule has 39 heavy (non-hydrogen) atoms. The van der Waals surface area contributed by atoms with Gasteiger partial charge in [-0.1, -0.05) is 45.3 Å². The summed E-state index contributed by atoms with van der Waals surface area (Å²) >= 11 is 0. The average Bonchev–Trinajstić information content (AvgIpc) is 3.60. The first kappa shape index (κ1) is 30.8. The third-order valence-corrected chi connectivity index (χ3v) is 7.76. The van der Waals surface area contributed by atoms with E-state index >= 15 is 0 Å². The lowest BCUT2D eigenvalue weighted by Gasteiger charge is -2.23. The van der Waals surface area contributed by atoms with Gasteiger partial charge in [-0.25, -0.2) is 4.98 Å². The number of nitrogens with one attached hydrogen (secondary N) is 1. The Morgan fingerprint density at radius 1 is 1.13 bits per heavy atom. The quantitative estimate of drug-likeness (QED) is 0.264. The Kier molecular flexibility index (Phi) is 11.9. The standard InChI is InChI=1S/C28H39N3O3.C4H8O/c1-6-23(14-19(4)20(5)32)27-30-24-15-22(16-29-26(18(2)3)28(33)34)12-13-25(24)31(27)17-21-10-8-7-9-11-21;1-2-4-5-3-1/h6,12-15,18,21,26,29H,7-11,16-17H2,1-5H3,(H,33,34);1-4H2/b19-14-,23-6+;. The largest absolute Gasteiger partial charge is 0.480 e. The fraction of sp³-hybridized carbons (Fsp3) is 0.594. The zero-order valence-electron chi connectivity index (χ0n) is 24.5. The van der Waals surface area contributed by atoms with Gasteiger partial charge >= 0.3 is 5.97 Å². The summed E-state index contributed by atoms with van der Waals surface area (Å²) in [5.41, 5.74) is 4.64. The number of imidazole rings is 1. The second-order valence-corrected chi connectivity index (χ2v) is 11.3. The predicted octanol–water partition coefficient (Wildman–Crippen LogP) is 6.55. The molecule has 0 amide bonds. The first-order chi connectivity index (χ1) is 18.7. The number of carbonyl (C=O) groups is 2. The number of carbonyl (C=O) groups excluding carboxylic acids is 1. The molecule has 0 radical (unpaired) electrons. The molecule has 1 aliphatic heterocycles. The highest BCUT2D eigenvalue weighted by molar-refractivity contribution is 5.96. The topological polar surface area (TPSA) is 93.5 Å². The maximum absolute atomic E-state index is 11.9. The highest BCUT2D eigenvalue weighted by Gasteiger charge is 2.22. The molecule has 2 fully saturated rings. The van der Waals surface area contributed by atoms with E-state index in [1.165, 1.54) is 44.9 Å². The second kappa shape index (κ2) is 15.1. The average molecular weight is 538 g/mol. The molecule has 1 unspecified atom stereocenters. The van der Waals surface area contributed by atoms with Crippen molar-refractivity contribution >= 4 is 28.4 Å². The fourth-order valence-corrected chi connectivity index (χ4v) is 5.28. The fourth-order valence-electron chi connectivity index (χ4n) is 5.28. The number of aromatic nitrogens is 2. The van der Waals surface area contributed by atoms with Crippen LogP contribution in [0.3, 0.4) is 0 Å². The van der Waals surface area contributed by atoms with Crippen LogP contribution in [0.1, 0.15) is 91.0 Å². The lowest BCUT2D eigenvalue weighted by atomic mass is 9.89. The number of Topliss-reactive ketones (excluding diaryl/α,β-unsaturated/α-hetero) is 1. The predicted molar refractivity (Wildman–Crippen MR) is 158 cm³/mol. The maximum Gasteiger partial charge on any atom is 0.320 e. The van der Waals surface area contributed by atoms with Gasteiger partial charge in [0.1, 0.15) is 11.9 Å². The van der Waals surface area contributed by atoms with Gasteiger partial charge in [0.2, 0.25) is 0 Å². The molecule has 1 saturated heterocycles. The van der Waals surface area contributed by atoms with Crippen LogP contribution in [0.15, 0.2) is 35.9 Å². The van der Waals surface area contributed by atoms with E-state index in [0.29, 0.717) is 18.0 Å². The van der Waals surface area contributed by atoms with Crippen molar-refractivity contribution in [2.75, 3.05) is 13.2 Å². The van der Waals surface area contributed by atoms with Gasteiger partial charge < -0.3 is 19.7 Å². The van der Waals surface area contributed by atoms with Crippen molar-refractivity contribution in [1.29, 1.82) is 0 Å². The number of carboxylic acid groups (broad SMARTS) is 1. The summed E-state index contributed by atoms with van der Waals surface area (Å²) in [6.45, 7) is 12.6. The number of benzene rings is 1. The van der Waals surface area contributed by atoms with Crippen LogP contribution in [0.5, 0.6) is 0 Å². The van der Waals surface area contributed by atoms with Gasteiger partial charge in [0.05, 0.1) is 11.0 Å². The zero-order valence-corrected chi connectivity index (χ0v) is 24.5. The number of carboxylic acids is 1. The first-order valence-corrected chi connectivity index (χ1v) is 14.6. The highest BCUT2D eigenvalue weighted by Crippen LogP contribution is 2.30. The van der Waals surface area contributed by atoms with Crippen molar-refractivity contribution in [3.05, 3.63) is 47.3 Å². The molecule has 7 heteroatoms. The van der Waals surface area contributed by atoms with Gasteiger partial charge in [-0.2, -0.15) is 0 Å². The van der Waals surface area contributed by atoms with Gasteiger partial charge in [0.15, 0.2) is 5.78 Å². The summed E-state index contributed by atoms with van der Waals surface area (Å²) in [5.74, 6) is 0.737. The van der Waals surface area contributed by atoms with E-state index in [0.717, 1.165) is 47.8 Å². The van der Waals surface area contributed by atoms with Crippen LogP contribution in [-0.4, -0.2) is 45.7 Å². The van der Waals surface area contributed by atoms with E-state index in [1.807, 2.05) is 39.8 Å². The van der Waals surface area contributed by atoms with Crippen LogP contribution in [0.2, 0.25) is 0 Å². The molecule has 1 aromatic heterocycles. The minimum Gasteiger partial charge on any atom is -0.480 e. The SMILES string of the molecule is C/C=C(\C=C(\C)C(C)=O)c1nc2cc(CNC(C(=O)O)C(C)C)ccc2n1CC1CCCCC1.C1CCOC1. The second-order valence-electron chi connectivity index (χ2n) is 11.3. The normalized spacial score (nSPS) is 17.8. The molecule has 0 bridgehead atoms. The molecular weight excluding hydrogens is 490 g/mol. The molecule has 214 valence electrons. The van der Waals surface area contributed by atoms with Crippen molar-refractivity contribution in [1.82, 2.24) is 14.9 Å². The van der Waals surface area contributed by atoms with Crippen LogP contribution in [0.4, 0.5) is 0 Å². The van der Waals surface area contributed by atoms with Gasteiger partial charge in [0, 0.05) is 31.9 Å². The minimum atomic E-state index is -0.833. The molecule has 7 nitrogen and oxygen atoms in total. The van der Waals surface area contributed by atoms with Gasteiger partial charge in [-0.15, -0.1) is 0 Å². The third kappa shape index (κ3) is 8.87. The van der Waals surface area contributed by atoms with Crippen LogP contribution < -0.4 is 5.32 Å². The number of allylic oxidation sites excluding steroid dienone is 4. The molecule has 1 aliphatic carbocycles. The Labute approximate surface area is 233 Å². The van der Waals surface area contributed by atoms with Crippen molar-refractivity contribution < 1.29 is 19.4 Å². The molecule has 4 rings (SSSR count). The third-order valence-electron chi connectivity index (χ3n) is 7.76. The summed E-state index contributed by atoms with van der Waals surface area (Å²) < 4.78 is 7.26. The Hall–Kier alpha value is -2.77. The number of aliphatic carboxylic acids is 1. The summed E-state index contributed by atoms with van der Waals surface area (Å²) in [4.78, 5) is 28.5. The van der Waals surface area contributed by atoms with E-state index in [9.17, 15) is 14.7 Å². The smallest absolute Gasteiger partial charge is 0.320 e. The monoisotopic (exact) mass is 537 g/mol. The number of ketones is 1. The number of hydrogen-bond acceptors (Lipinski definition) is 5. The van der Waals surface area contributed by atoms with Crippen molar-refractivity contribution in [2.24, 2.45) is 11.8 Å². The molecule has 2 aromatic rings. The number of nitrogens with zero attached hydrogens (tertiary/aromatic N) is 2. The summed E-state index contributed by atoms with van der Waals surface area (Å²) in [7, 11) is 0. The summed E-state index contributed by atoms with van der Waals surface area (Å²) in [5, 5.41) is 12.6. The molecule has 1 aromatic carbocycles. The molecule has 1 atom stereocenters. The number of hydrogen-bond donors (Lipinski definition) is 2. The van der Waals surface area contributed by atoms with Crippen LogP contribution >= 0.6 is 0 Å².